The zero-order valence-corrected chi connectivity index (χ0v) is 7.09. The Balaban J connectivity index is 2.56. The third-order valence-corrected chi connectivity index (χ3v) is 1.57. The number of aryl methyl sites for hydroxylation is 1. The normalized spacial score (nSPS) is 11.1. The van der Waals surface area contributed by atoms with Crippen molar-refractivity contribution < 1.29 is 0 Å². The van der Waals surface area contributed by atoms with Crippen LogP contribution in [-0.2, 0) is 0 Å². The predicted octanol–water partition coefficient (Wildman–Crippen LogP) is 2.15. The fourth-order valence-electron chi connectivity index (χ4n) is 0.884. The van der Waals surface area contributed by atoms with Crippen LogP contribution in [0.15, 0.2) is 17.3 Å². The van der Waals surface area contributed by atoms with Crippen molar-refractivity contribution >= 4 is 6.21 Å². The summed E-state index contributed by atoms with van der Waals surface area (Å²) in [4.78, 5) is 7.35. The Morgan fingerprint density at radius 2 is 2.45 bits per heavy atom. The average Bonchev–Trinajstić information content (AvgIpc) is 2.37. The molecule has 0 bridgehead atoms. The highest BCUT2D eigenvalue weighted by Gasteiger charge is 1.91. The lowest BCUT2D eigenvalue weighted by Crippen LogP contribution is -1.85. The molecule has 2 nitrogen and oxygen atoms in total. The van der Waals surface area contributed by atoms with Gasteiger partial charge in [0.25, 0.3) is 0 Å². The quantitative estimate of drug-likeness (QED) is 0.639. The summed E-state index contributed by atoms with van der Waals surface area (Å²) < 4.78 is 0. The summed E-state index contributed by atoms with van der Waals surface area (Å²) >= 11 is 0. The lowest BCUT2D eigenvalue weighted by atomic mass is 10.3. The smallest absolute Gasteiger partial charge is 0.0591 e. The molecule has 2 heteroatoms. The topological polar surface area (TPSA) is 28.1 Å². The van der Waals surface area contributed by atoms with Crippen molar-refractivity contribution in [3.8, 4) is 0 Å². The van der Waals surface area contributed by atoms with Crippen LogP contribution in [-0.4, -0.2) is 17.7 Å². The Labute approximate surface area is 67.4 Å². The lowest BCUT2D eigenvalue weighted by molar-refractivity contribution is 0.936. The minimum Gasteiger partial charge on any atom is -0.360 e. The molecule has 0 atom stereocenters. The first-order valence-electron chi connectivity index (χ1n) is 3.98. The largest absolute Gasteiger partial charge is 0.360 e. The van der Waals surface area contributed by atoms with E-state index in [1.165, 1.54) is 5.56 Å². The van der Waals surface area contributed by atoms with Gasteiger partial charge in [-0.3, -0.25) is 4.99 Å². The first-order chi connectivity index (χ1) is 5.34. The third kappa shape index (κ3) is 2.22. The van der Waals surface area contributed by atoms with Gasteiger partial charge in [0.15, 0.2) is 0 Å². The first kappa shape index (κ1) is 8.05. The number of nitrogens with zero attached hydrogens (tertiary/aromatic N) is 1. The molecule has 60 valence electrons. The second-order valence-electron chi connectivity index (χ2n) is 2.61. The van der Waals surface area contributed by atoms with Gasteiger partial charge in [0.2, 0.25) is 0 Å². The van der Waals surface area contributed by atoms with Gasteiger partial charge in [-0.25, -0.2) is 0 Å². The van der Waals surface area contributed by atoms with Gasteiger partial charge in [0, 0.05) is 19.0 Å². The van der Waals surface area contributed by atoms with Crippen LogP contribution >= 0.6 is 0 Å². The molecule has 0 aromatic carbocycles. The standard InChI is InChI=1S/C9H14N2/c1-3-5-10-7-9-8(2)4-6-11-9/h4,6-7,11H,3,5H2,1-2H3. The van der Waals surface area contributed by atoms with Gasteiger partial charge < -0.3 is 4.98 Å². The van der Waals surface area contributed by atoms with E-state index in [1.807, 2.05) is 18.5 Å². The van der Waals surface area contributed by atoms with Crippen LogP contribution in [0, 0.1) is 6.92 Å². The van der Waals surface area contributed by atoms with Gasteiger partial charge in [-0.15, -0.1) is 0 Å². The van der Waals surface area contributed by atoms with E-state index in [-0.39, 0.29) is 0 Å². The molecular formula is C9H14N2. The van der Waals surface area contributed by atoms with Crippen LogP contribution < -0.4 is 0 Å². The van der Waals surface area contributed by atoms with Crippen molar-refractivity contribution in [3.63, 3.8) is 0 Å². The second kappa shape index (κ2) is 3.96. The van der Waals surface area contributed by atoms with Crippen LogP contribution in [0.3, 0.4) is 0 Å². The maximum Gasteiger partial charge on any atom is 0.0591 e. The summed E-state index contributed by atoms with van der Waals surface area (Å²) in [6.45, 7) is 5.11. The maximum atomic E-state index is 4.24. The summed E-state index contributed by atoms with van der Waals surface area (Å²) in [5, 5.41) is 0. The molecule has 0 saturated carbocycles. The zero-order chi connectivity index (χ0) is 8.10. The van der Waals surface area contributed by atoms with Crippen molar-refractivity contribution in [2.24, 2.45) is 4.99 Å². The molecule has 0 spiro atoms. The fourth-order valence-corrected chi connectivity index (χ4v) is 0.884. The molecule has 0 unspecified atom stereocenters. The van der Waals surface area contributed by atoms with E-state index in [0.717, 1.165) is 18.7 Å². The number of rotatable bonds is 3. The van der Waals surface area contributed by atoms with Gasteiger partial charge in [0.1, 0.15) is 0 Å². The van der Waals surface area contributed by atoms with E-state index in [2.05, 4.69) is 23.8 Å². The molecule has 1 rings (SSSR count). The number of hydrogen-bond acceptors (Lipinski definition) is 1. The summed E-state index contributed by atoms with van der Waals surface area (Å²) in [5.74, 6) is 0. The van der Waals surface area contributed by atoms with Crippen LogP contribution in [0.2, 0.25) is 0 Å². The van der Waals surface area contributed by atoms with Gasteiger partial charge in [-0.05, 0) is 25.0 Å². The molecular weight excluding hydrogens is 136 g/mol. The van der Waals surface area contributed by atoms with E-state index < -0.39 is 0 Å². The highest BCUT2D eigenvalue weighted by atomic mass is 14.8. The lowest BCUT2D eigenvalue weighted by Gasteiger charge is -1.89. The highest BCUT2D eigenvalue weighted by molar-refractivity contribution is 5.79. The van der Waals surface area contributed by atoms with Crippen LogP contribution in [0.1, 0.15) is 24.6 Å². The molecule has 0 aliphatic rings. The molecule has 0 radical (unpaired) electrons. The van der Waals surface area contributed by atoms with Gasteiger partial charge in [0.05, 0.1) is 5.69 Å². The Morgan fingerprint density at radius 1 is 1.64 bits per heavy atom. The maximum absolute atomic E-state index is 4.24. The number of aliphatic imine (C=N–C) groups is 1. The van der Waals surface area contributed by atoms with Gasteiger partial charge >= 0.3 is 0 Å². The minimum atomic E-state index is 0.915. The summed E-state index contributed by atoms with van der Waals surface area (Å²) in [6, 6.07) is 2.05. The van der Waals surface area contributed by atoms with Crippen molar-refractivity contribution in [3.05, 3.63) is 23.5 Å². The Morgan fingerprint density at radius 3 is 3.00 bits per heavy atom. The van der Waals surface area contributed by atoms with E-state index in [4.69, 9.17) is 0 Å². The summed E-state index contributed by atoms with van der Waals surface area (Å²) in [7, 11) is 0. The van der Waals surface area contributed by atoms with E-state index in [9.17, 15) is 0 Å². The van der Waals surface area contributed by atoms with Crippen molar-refractivity contribution in [2.75, 3.05) is 6.54 Å². The predicted molar refractivity (Wildman–Crippen MR) is 48.3 cm³/mol. The van der Waals surface area contributed by atoms with E-state index >= 15 is 0 Å². The van der Waals surface area contributed by atoms with Crippen molar-refractivity contribution in [1.82, 2.24) is 4.98 Å². The second-order valence-corrected chi connectivity index (χ2v) is 2.61. The van der Waals surface area contributed by atoms with E-state index in [1.54, 1.807) is 0 Å². The molecule has 1 aromatic rings. The van der Waals surface area contributed by atoms with Crippen LogP contribution in [0.5, 0.6) is 0 Å². The van der Waals surface area contributed by atoms with E-state index in [0.29, 0.717) is 0 Å². The molecule has 11 heavy (non-hydrogen) atoms. The van der Waals surface area contributed by atoms with Gasteiger partial charge in [-0.2, -0.15) is 0 Å². The first-order valence-corrected chi connectivity index (χ1v) is 3.98. The average molecular weight is 150 g/mol. The number of H-pyrrole nitrogens is 1. The number of aromatic nitrogens is 1. The Hall–Kier alpha value is -1.05. The highest BCUT2D eigenvalue weighted by Crippen LogP contribution is 2.00. The Kier molecular flexibility index (Phi) is 2.90. The monoisotopic (exact) mass is 150 g/mol. The summed E-state index contributed by atoms with van der Waals surface area (Å²) in [5.41, 5.74) is 2.38. The Bertz CT molecular complexity index is 235. The molecule has 0 aliphatic heterocycles. The minimum absolute atomic E-state index is 0.915. The van der Waals surface area contributed by atoms with Crippen LogP contribution in [0.25, 0.3) is 0 Å². The number of nitrogens with one attached hydrogen (secondary N) is 1. The number of hydrogen-bond donors (Lipinski definition) is 1. The SMILES string of the molecule is CCCN=Cc1[nH]ccc1C. The molecule has 0 fully saturated rings. The molecule has 1 N–H and O–H groups in total. The zero-order valence-electron chi connectivity index (χ0n) is 7.09. The fraction of sp³-hybridized carbons (Fsp3) is 0.444. The van der Waals surface area contributed by atoms with Crippen LogP contribution in [0.4, 0.5) is 0 Å². The third-order valence-electron chi connectivity index (χ3n) is 1.57. The van der Waals surface area contributed by atoms with Crippen molar-refractivity contribution in [2.45, 2.75) is 20.3 Å². The van der Waals surface area contributed by atoms with Gasteiger partial charge in [-0.1, -0.05) is 6.92 Å². The molecule has 0 amide bonds. The van der Waals surface area contributed by atoms with Crippen molar-refractivity contribution in [1.29, 1.82) is 0 Å². The number of aromatic amines is 1. The molecule has 0 saturated heterocycles. The molecule has 1 aromatic heterocycles. The molecule has 0 aliphatic carbocycles. The molecule has 1 heterocycles. The summed E-state index contributed by atoms with van der Waals surface area (Å²) in [6.07, 6.45) is 4.94.